The van der Waals surface area contributed by atoms with Gasteiger partial charge in [-0.3, -0.25) is 10.1 Å². The zero-order valence-electron chi connectivity index (χ0n) is 9.18. The topological polar surface area (TPSA) is 67.2 Å². The van der Waals surface area contributed by atoms with Crippen LogP contribution in [0.1, 0.15) is 0 Å². The molecule has 2 N–H and O–H groups in total. The molecule has 6 heteroatoms. The maximum Gasteiger partial charge on any atom is 0.269 e. The number of anilines is 1. The highest BCUT2D eigenvalue weighted by Crippen LogP contribution is 2.14. The fourth-order valence-electron chi connectivity index (χ4n) is 1.16. The molecule has 0 aliphatic heterocycles. The fourth-order valence-corrected chi connectivity index (χ4v) is 1.16. The van der Waals surface area contributed by atoms with E-state index in [1.54, 1.807) is 12.1 Å². The first-order valence-electron chi connectivity index (χ1n) is 4.86. The van der Waals surface area contributed by atoms with Crippen molar-refractivity contribution in [3.63, 3.8) is 0 Å². The molecule has 0 aliphatic carbocycles. The number of nitrogens with one attached hydrogen (secondary N) is 2. The lowest BCUT2D eigenvalue weighted by atomic mass is 10.3. The lowest BCUT2D eigenvalue weighted by Gasteiger charge is -2.05. The Morgan fingerprint density at radius 1 is 1.29 bits per heavy atom. The lowest BCUT2D eigenvalue weighted by Crippen LogP contribution is -2.22. The van der Waals surface area contributed by atoms with Gasteiger partial charge in [0.05, 0.1) is 11.5 Å². The number of halogens is 1. The molecule has 0 saturated carbocycles. The Morgan fingerprint density at radius 3 is 2.47 bits per heavy atom. The summed E-state index contributed by atoms with van der Waals surface area (Å²) in [6, 6.07) is 6.30. The Morgan fingerprint density at radius 2 is 1.94 bits per heavy atom. The van der Waals surface area contributed by atoms with E-state index in [1.165, 1.54) is 12.1 Å². The normalized spacial score (nSPS) is 8.88. The van der Waals surface area contributed by atoms with Crippen LogP contribution in [0.2, 0.25) is 0 Å². The molecular formula is C11H14ClN3O2. The Kier molecular flexibility index (Phi) is 7.52. The Bertz CT molecular complexity index is 387. The molecule has 0 aliphatic rings. The summed E-state index contributed by atoms with van der Waals surface area (Å²) in [6.45, 7) is 2.02. The van der Waals surface area contributed by atoms with E-state index < -0.39 is 4.92 Å². The van der Waals surface area contributed by atoms with Crippen LogP contribution >= 0.6 is 12.4 Å². The molecule has 0 heterocycles. The Labute approximate surface area is 106 Å². The number of benzene rings is 1. The fraction of sp³-hybridized carbons (Fsp3) is 0.273. The monoisotopic (exact) mass is 255 g/mol. The van der Waals surface area contributed by atoms with Crippen LogP contribution in [0, 0.1) is 22.5 Å². The summed E-state index contributed by atoms with van der Waals surface area (Å²) in [5.41, 5.74) is 0.948. The number of nitrogens with zero attached hydrogens (tertiary/aromatic N) is 1. The van der Waals surface area contributed by atoms with Gasteiger partial charge < -0.3 is 10.6 Å². The maximum absolute atomic E-state index is 10.4. The first-order chi connectivity index (χ1) is 7.74. The number of non-ortho nitro benzene ring substituents is 1. The molecule has 0 saturated heterocycles. The summed E-state index contributed by atoms with van der Waals surface area (Å²) < 4.78 is 0. The van der Waals surface area contributed by atoms with Gasteiger partial charge in [-0.25, -0.2) is 0 Å². The molecule has 0 aromatic heterocycles. The number of rotatable bonds is 6. The average molecular weight is 256 g/mol. The van der Waals surface area contributed by atoms with Gasteiger partial charge in [0.25, 0.3) is 5.69 Å². The number of hydrogen-bond donors (Lipinski definition) is 2. The number of nitro groups is 1. The molecule has 0 spiro atoms. The smallest absolute Gasteiger partial charge is 0.269 e. The van der Waals surface area contributed by atoms with E-state index in [9.17, 15) is 10.1 Å². The molecule has 0 radical (unpaired) electrons. The van der Waals surface area contributed by atoms with Gasteiger partial charge in [-0.2, -0.15) is 0 Å². The van der Waals surface area contributed by atoms with Crippen LogP contribution in [0.25, 0.3) is 0 Å². The third-order valence-corrected chi connectivity index (χ3v) is 1.94. The van der Waals surface area contributed by atoms with Crippen molar-refractivity contribution in [2.24, 2.45) is 0 Å². The maximum atomic E-state index is 10.4. The molecule has 1 aromatic carbocycles. The molecule has 0 bridgehead atoms. The van der Waals surface area contributed by atoms with Crippen molar-refractivity contribution in [2.45, 2.75) is 0 Å². The van der Waals surface area contributed by atoms with Gasteiger partial charge in [-0.15, -0.1) is 18.8 Å². The van der Waals surface area contributed by atoms with Crippen molar-refractivity contribution in [1.82, 2.24) is 5.32 Å². The highest BCUT2D eigenvalue weighted by molar-refractivity contribution is 5.85. The minimum Gasteiger partial charge on any atom is -0.384 e. The molecule has 1 aromatic rings. The predicted molar refractivity (Wildman–Crippen MR) is 70.5 cm³/mol. The van der Waals surface area contributed by atoms with Crippen LogP contribution in [0.15, 0.2) is 24.3 Å². The van der Waals surface area contributed by atoms with E-state index in [-0.39, 0.29) is 18.1 Å². The first kappa shape index (κ1) is 15.2. The second-order valence-electron chi connectivity index (χ2n) is 3.11. The first-order valence-corrected chi connectivity index (χ1v) is 4.86. The Balaban J connectivity index is 0.00000256. The summed E-state index contributed by atoms with van der Waals surface area (Å²) in [5, 5.41) is 16.5. The van der Waals surface area contributed by atoms with Crippen LogP contribution in [0.3, 0.4) is 0 Å². The third-order valence-electron chi connectivity index (χ3n) is 1.94. The summed E-state index contributed by atoms with van der Waals surface area (Å²) in [4.78, 5) is 9.98. The van der Waals surface area contributed by atoms with E-state index in [1.807, 2.05) is 0 Å². The van der Waals surface area contributed by atoms with E-state index in [0.29, 0.717) is 6.54 Å². The second-order valence-corrected chi connectivity index (χ2v) is 3.11. The van der Waals surface area contributed by atoms with E-state index in [4.69, 9.17) is 6.42 Å². The van der Waals surface area contributed by atoms with E-state index in [0.717, 1.165) is 18.8 Å². The van der Waals surface area contributed by atoms with Gasteiger partial charge in [0.1, 0.15) is 0 Å². The second kappa shape index (κ2) is 8.39. The predicted octanol–water partition coefficient (Wildman–Crippen LogP) is 1.65. The minimum absolute atomic E-state index is 0. The highest BCUT2D eigenvalue weighted by atomic mass is 35.5. The lowest BCUT2D eigenvalue weighted by molar-refractivity contribution is -0.384. The van der Waals surface area contributed by atoms with Crippen LogP contribution in [-0.2, 0) is 0 Å². The van der Waals surface area contributed by atoms with Crippen molar-refractivity contribution in [2.75, 3.05) is 25.0 Å². The van der Waals surface area contributed by atoms with Gasteiger partial charge in [0, 0.05) is 30.9 Å². The summed E-state index contributed by atoms with van der Waals surface area (Å²) in [7, 11) is 0. The number of hydrogen-bond acceptors (Lipinski definition) is 4. The van der Waals surface area contributed by atoms with Gasteiger partial charge in [-0.05, 0) is 12.1 Å². The van der Waals surface area contributed by atoms with Crippen LogP contribution < -0.4 is 10.6 Å². The Hall–Kier alpha value is -1.77. The van der Waals surface area contributed by atoms with Crippen LogP contribution in [0.5, 0.6) is 0 Å². The summed E-state index contributed by atoms with van der Waals surface area (Å²) >= 11 is 0. The quantitative estimate of drug-likeness (QED) is 0.351. The van der Waals surface area contributed by atoms with Crippen LogP contribution in [0.4, 0.5) is 11.4 Å². The zero-order chi connectivity index (χ0) is 11.8. The summed E-state index contributed by atoms with van der Waals surface area (Å²) in [6.07, 6.45) is 5.07. The summed E-state index contributed by atoms with van der Waals surface area (Å²) in [5.74, 6) is 2.47. The van der Waals surface area contributed by atoms with E-state index in [2.05, 4.69) is 16.6 Å². The SMILES string of the molecule is C#CCNCCNc1ccc([N+](=O)[O-])cc1.Cl. The average Bonchev–Trinajstić information content (AvgIpc) is 2.29. The van der Waals surface area contributed by atoms with Gasteiger partial charge in [0.2, 0.25) is 0 Å². The molecule has 0 amide bonds. The largest absolute Gasteiger partial charge is 0.384 e. The highest BCUT2D eigenvalue weighted by Gasteiger charge is 2.02. The van der Waals surface area contributed by atoms with E-state index >= 15 is 0 Å². The van der Waals surface area contributed by atoms with Gasteiger partial charge >= 0.3 is 0 Å². The minimum atomic E-state index is -0.418. The van der Waals surface area contributed by atoms with Gasteiger partial charge in [-0.1, -0.05) is 5.92 Å². The standard InChI is InChI=1S/C11H13N3O2.ClH/c1-2-7-12-8-9-13-10-3-5-11(6-4-10)14(15)16;/h1,3-6,12-13H,7-9H2;1H. The van der Waals surface area contributed by atoms with Crippen molar-refractivity contribution >= 4 is 23.8 Å². The zero-order valence-corrected chi connectivity index (χ0v) is 10.00. The van der Waals surface area contributed by atoms with Gasteiger partial charge in [0.15, 0.2) is 0 Å². The number of terminal acetylenes is 1. The van der Waals surface area contributed by atoms with Crippen molar-refractivity contribution < 1.29 is 4.92 Å². The van der Waals surface area contributed by atoms with Crippen LogP contribution in [-0.4, -0.2) is 24.6 Å². The molecule has 5 nitrogen and oxygen atoms in total. The molecular weight excluding hydrogens is 242 g/mol. The molecule has 92 valence electrons. The molecule has 0 unspecified atom stereocenters. The number of nitro benzene ring substituents is 1. The molecule has 0 fully saturated rings. The molecule has 17 heavy (non-hydrogen) atoms. The van der Waals surface area contributed by atoms with Crippen molar-refractivity contribution in [3.8, 4) is 12.3 Å². The van der Waals surface area contributed by atoms with Crippen molar-refractivity contribution in [1.29, 1.82) is 0 Å². The molecule has 0 atom stereocenters. The van der Waals surface area contributed by atoms with Crippen molar-refractivity contribution in [3.05, 3.63) is 34.4 Å². The third kappa shape index (κ3) is 5.76. The molecule has 1 rings (SSSR count).